The van der Waals surface area contributed by atoms with Crippen molar-refractivity contribution in [1.29, 1.82) is 0 Å². The van der Waals surface area contributed by atoms with Crippen molar-refractivity contribution in [2.45, 2.75) is 150 Å². The number of ether oxygens (including phenoxy) is 2. The van der Waals surface area contributed by atoms with Crippen molar-refractivity contribution in [3.63, 3.8) is 0 Å². The lowest BCUT2D eigenvalue weighted by atomic mass is 9.49. The standard InChI is InChI=1S/C17H23NO4.C16H23NO2.C15H13NO2.C14H19NO4/c1-10(2)15(20)22-9-14(19)18-16(21)17-6-11-3-12(7-17)5-13(4-11)8-17;1-10(2)15(19)17-14(18)9-16-6-11-3-12(7-16)5-13(4-11)8-16;1-10(2)14(17)16-15(18)13-8-7-11-5-3-4-6-12(11)9-13;1-8(2)9(16)15-10(17)14-7-6-13(5,11(18)19-14)12(14,3)4/h11-13H,1,3-9H2,2H3,(H,18,19,21);11-13H,1,3-9H2,2H3,(H,17,18,19);3-9H,1H2,2H3,(H,16,17,18);1,6-7H2,2-5H3,(H,15,16,17). The molecule has 1 aliphatic heterocycles. The molecule has 9 saturated carbocycles. The van der Waals surface area contributed by atoms with E-state index in [4.69, 9.17) is 9.47 Å². The summed E-state index contributed by atoms with van der Waals surface area (Å²) in [6.07, 6.45) is 15.8. The van der Waals surface area contributed by atoms with Crippen LogP contribution in [0.5, 0.6) is 0 Å². The van der Waals surface area contributed by atoms with Crippen LogP contribution in [0.2, 0.25) is 0 Å². The van der Waals surface area contributed by atoms with Gasteiger partial charge in [0.2, 0.25) is 11.8 Å². The molecule has 2 unspecified atom stereocenters. The lowest BCUT2D eigenvalue weighted by molar-refractivity contribution is -0.168. The Morgan fingerprint density at radius 2 is 1.04 bits per heavy atom. The van der Waals surface area contributed by atoms with E-state index < -0.39 is 58.5 Å². The second-order valence-corrected chi connectivity index (χ2v) is 25.0. The molecule has 10 fully saturated rings. The maximum absolute atomic E-state index is 12.6. The number of imide groups is 4. The summed E-state index contributed by atoms with van der Waals surface area (Å²) < 4.78 is 10.2. The van der Waals surface area contributed by atoms with Crippen LogP contribution in [0, 0.1) is 57.2 Å². The number of fused-ring (bicyclic) bond motifs is 3. The first-order valence-electron chi connectivity index (χ1n) is 27.4. The number of hydrogen-bond acceptors (Lipinski definition) is 12. The molecule has 4 N–H and O–H groups in total. The number of amides is 8. The van der Waals surface area contributed by atoms with Gasteiger partial charge in [0, 0.05) is 39.7 Å². The highest BCUT2D eigenvalue weighted by Gasteiger charge is 2.75. The number of esters is 2. The zero-order chi connectivity index (χ0) is 57.3. The van der Waals surface area contributed by atoms with Gasteiger partial charge in [-0.1, -0.05) is 70.5 Å². The van der Waals surface area contributed by atoms with Gasteiger partial charge in [-0.2, -0.15) is 0 Å². The van der Waals surface area contributed by atoms with E-state index in [0.717, 1.165) is 47.8 Å². The topological polar surface area (TPSA) is 237 Å². The Hall–Kier alpha value is -6.84. The highest BCUT2D eigenvalue weighted by Crippen LogP contribution is 2.66. The van der Waals surface area contributed by atoms with Gasteiger partial charge in [-0.15, -0.1) is 0 Å². The summed E-state index contributed by atoms with van der Waals surface area (Å²) in [5.41, 5.74) is -1.06. The van der Waals surface area contributed by atoms with Crippen molar-refractivity contribution in [2.24, 2.45) is 57.2 Å². The lowest BCUT2D eigenvalue weighted by Crippen LogP contribution is -2.54. The van der Waals surface area contributed by atoms with Crippen molar-refractivity contribution in [2.75, 3.05) is 6.61 Å². The number of benzene rings is 2. The average Bonchev–Trinajstić information content (AvgIpc) is 3.82. The Bertz CT molecular complexity index is 2820. The smallest absolute Gasteiger partial charge is 0.333 e. The predicted octanol–water partition coefficient (Wildman–Crippen LogP) is 8.78. The molecule has 0 spiro atoms. The molecule has 8 amide bonds. The molecular formula is C62H78N4O12. The molecule has 16 heteroatoms. The minimum Gasteiger partial charge on any atom is -0.452 e. The van der Waals surface area contributed by atoms with Crippen LogP contribution in [0.3, 0.4) is 0 Å². The van der Waals surface area contributed by atoms with Crippen LogP contribution in [0.1, 0.15) is 155 Å². The van der Waals surface area contributed by atoms with E-state index in [0.29, 0.717) is 53.7 Å². The van der Waals surface area contributed by atoms with Crippen LogP contribution >= 0.6 is 0 Å². The van der Waals surface area contributed by atoms with Crippen molar-refractivity contribution in [3.8, 4) is 0 Å². The summed E-state index contributed by atoms with van der Waals surface area (Å²) in [5, 5.41) is 11.5. The summed E-state index contributed by atoms with van der Waals surface area (Å²) in [7, 11) is 0. The van der Waals surface area contributed by atoms with E-state index in [1.807, 2.05) is 51.1 Å². The molecule has 1 saturated heterocycles. The summed E-state index contributed by atoms with van der Waals surface area (Å²) in [5.74, 6) is 0.425. The first-order valence-corrected chi connectivity index (χ1v) is 27.4. The molecule has 10 aliphatic rings. The third kappa shape index (κ3) is 12.4. The van der Waals surface area contributed by atoms with Crippen molar-refractivity contribution < 1.29 is 57.4 Å². The molecular weight excluding hydrogens is 993 g/mol. The van der Waals surface area contributed by atoms with E-state index in [2.05, 4.69) is 47.6 Å². The molecule has 1 heterocycles. The third-order valence-electron chi connectivity index (χ3n) is 18.5. The first-order chi connectivity index (χ1) is 36.5. The highest BCUT2D eigenvalue weighted by molar-refractivity contribution is 6.11. The number of carbonyl (C=O) groups is 10. The Balaban J connectivity index is 0.000000151. The maximum Gasteiger partial charge on any atom is 0.333 e. The lowest BCUT2D eigenvalue weighted by Gasteiger charge is -2.56. The summed E-state index contributed by atoms with van der Waals surface area (Å²) >= 11 is 0. The first kappa shape index (κ1) is 58.8. The average molecular weight is 1070 g/mol. The largest absolute Gasteiger partial charge is 0.452 e. The fourth-order valence-electron chi connectivity index (χ4n) is 14.7. The van der Waals surface area contributed by atoms with E-state index >= 15 is 0 Å². The van der Waals surface area contributed by atoms with Gasteiger partial charge in [-0.05, 0) is 188 Å². The van der Waals surface area contributed by atoms with Crippen molar-refractivity contribution in [1.82, 2.24) is 21.3 Å². The van der Waals surface area contributed by atoms with E-state index in [9.17, 15) is 47.9 Å². The number of nitrogens with one attached hydrogen (secondary N) is 4. The summed E-state index contributed by atoms with van der Waals surface area (Å²) in [6.45, 7) is 25.3. The molecule has 418 valence electrons. The third-order valence-corrected chi connectivity index (χ3v) is 18.5. The summed E-state index contributed by atoms with van der Waals surface area (Å²) in [4.78, 5) is 118. The molecule has 16 nitrogen and oxygen atoms in total. The van der Waals surface area contributed by atoms with Gasteiger partial charge in [-0.25, -0.2) is 4.79 Å². The van der Waals surface area contributed by atoms with Gasteiger partial charge < -0.3 is 9.47 Å². The van der Waals surface area contributed by atoms with E-state index in [1.54, 1.807) is 26.0 Å². The molecule has 2 aromatic carbocycles. The zero-order valence-electron chi connectivity index (χ0n) is 46.5. The fourth-order valence-corrected chi connectivity index (χ4v) is 14.7. The molecule has 12 rings (SSSR count). The number of rotatable bonds is 11. The van der Waals surface area contributed by atoms with Gasteiger partial charge in [0.05, 0.1) is 10.8 Å². The van der Waals surface area contributed by atoms with Crippen LogP contribution in [0.15, 0.2) is 91.1 Å². The number of hydrogen-bond donors (Lipinski definition) is 4. The molecule has 2 aromatic rings. The Morgan fingerprint density at radius 1 is 0.564 bits per heavy atom. The van der Waals surface area contributed by atoms with Crippen molar-refractivity contribution in [3.05, 3.63) is 96.6 Å². The zero-order valence-corrected chi connectivity index (χ0v) is 46.5. The normalized spacial score (nSPS) is 30.2. The summed E-state index contributed by atoms with van der Waals surface area (Å²) in [6, 6.07) is 13.0. The SMILES string of the molecule is C=C(C)C(=O)NC(=O)C12CCC(C)(C(=O)O1)C2(C)C.C=C(C)C(=O)NC(=O)CC12CC3CC(CC(C3)C1)C2.C=C(C)C(=O)NC(=O)c1ccc2ccccc2c1.C=C(C)C(=O)OCC(=O)NC(=O)C12CC3CC(CC(C3)C1)C2. The minimum absolute atomic E-state index is 0.102. The predicted molar refractivity (Wildman–Crippen MR) is 292 cm³/mol. The minimum atomic E-state index is -1.25. The molecule has 9 aliphatic carbocycles. The molecule has 0 radical (unpaired) electrons. The van der Waals surface area contributed by atoms with Gasteiger partial charge >= 0.3 is 11.9 Å². The quantitative estimate of drug-likeness (QED) is 0.122. The van der Waals surface area contributed by atoms with Gasteiger partial charge in [0.25, 0.3) is 35.4 Å². The van der Waals surface area contributed by atoms with E-state index in [-0.39, 0.29) is 45.7 Å². The van der Waals surface area contributed by atoms with Gasteiger partial charge in [0.15, 0.2) is 12.2 Å². The Labute approximate surface area is 457 Å². The monoisotopic (exact) mass is 1070 g/mol. The molecule has 10 bridgehead atoms. The molecule has 78 heavy (non-hydrogen) atoms. The van der Waals surface area contributed by atoms with Crippen molar-refractivity contribution >= 4 is 70.0 Å². The van der Waals surface area contributed by atoms with Gasteiger partial charge in [0.1, 0.15) is 0 Å². The fraction of sp³-hybridized carbons (Fsp3) is 0.548. The Morgan fingerprint density at radius 3 is 1.50 bits per heavy atom. The van der Waals surface area contributed by atoms with Crippen LogP contribution in [-0.2, 0) is 52.6 Å². The van der Waals surface area contributed by atoms with Crippen LogP contribution < -0.4 is 21.3 Å². The molecule has 2 atom stereocenters. The second kappa shape index (κ2) is 22.9. The number of carbonyl (C=O) groups excluding carboxylic acids is 10. The van der Waals surface area contributed by atoms with Crippen LogP contribution in [0.4, 0.5) is 0 Å². The van der Waals surface area contributed by atoms with Gasteiger partial charge in [-0.3, -0.25) is 64.4 Å². The second-order valence-electron chi connectivity index (χ2n) is 25.0. The molecule has 0 aromatic heterocycles. The van der Waals surface area contributed by atoms with Crippen LogP contribution in [-0.4, -0.2) is 71.4 Å². The maximum atomic E-state index is 12.6. The van der Waals surface area contributed by atoms with Crippen LogP contribution in [0.25, 0.3) is 10.8 Å². The highest BCUT2D eigenvalue weighted by atomic mass is 16.6. The Kier molecular flexibility index (Phi) is 17.2. The van der Waals surface area contributed by atoms with E-state index in [1.165, 1.54) is 71.6 Å².